The second-order valence-corrected chi connectivity index (χ2v) is 6.26. The van der Waals surface area contributed by atoms with Gasteiger partial charge in [-0.15, -0.1) is 0 Å². The number of rotatable bonds is 1. The highest BCUT2D eigenvalue weighted by Crippen LogP contribution is 2.43. The summed E-state index contributed by atoms with van der Waals surface area (Å²) in [5.74, 6) is 1.25. The van der Waals surface area contributed by atoms with E-state index in [1.165, 1.54) is 0 Å². The van der Waals surface area contributed by atoms with Gasteiger partial charge in [-0.05, 0) is 47.4 Å². The maximum atomic E-state index is 9.83. The molecule has 114 valence electrons. The van der Waals surface area contributed by atoms with Gasteiger partial charge in [-0.25, -0.2) is 0 Å². The van der Waals surface area contributed by atoms with Crippen molar-refractivity contribution in [2.75, 3.05) is 13.3 Å². The Kier molecular flexibility index (Phi) is 3.16. The maximum Gasteiger partial charge on any atom is 0.231 e. The average molecular weight is 364 g/mol. The molecule has 5 nitrogen and oxygen atoms in total. The highest BCUT2D eigenvalue weighted by atomic mass is 79.9. The minimum absolute atomic E-state index is 0.0795. The van der Waals surface area contributed by atoms with Crippen molar-refractivity contribution in [3.63, 3.8) is 0 Å². The van der Waals surface area contributed by atoms with E-state index in [4.69, 9.17) is 9.47 Å². The molecule has 0 fully saturated rings. The molecule has 0 bridgehead atoms. The smallest absolute Gasteiger partial charge is 0.231 e. The zero-order chi connectivity index (χ0) is 15.3. The minimum atomic E-state index is -0.107. The van der Waals surface area contributed by atoms with Crippen LogP contribution < -0.4 is 14.8 Å². The summed E-state index contributed by atoms with van der Waals surface area (Å²) in [5.41, 5.74) is 3.00. The zero-order valence-corrected chi connectivity index (χ0v) is 13.2. The third kappa shape index (κ3) is 2.10. The summed E-state index contributed by atoms with van der Waals surface area (Å²) < 4.78 is 11.7. The number of fused-ring (bicyclic) bond motifs is 2. The van der Waals surface area contributed by atoms with E-state index in [1.54, 1.807) is 12.1 Å². The lowest BCUT2D eigenvalue weighted by Gasteiger charge is -2.28. The summed E-state index contributed by atoms with van der Waals surface area (Å²) in [5, 5.41) is 23.0. The molecular formula is C16H14BrNO4. The number of phenolic OH excluding ortho intramolecular Hbond substituents is 2. The molecule has 0 spiro atoms. The predicted molar refractivity (Wildman–Crippen MR) is 83.6 cm³/mol. The van der Waals surface area contributed by atoms with Crippen LogP contribution in [-0.2, 0) is 6.42 Å². The van der Waals surface area contributed by atoms with Gasteiger partial charge in [-0.2, -0.15) is 0 Å². The van der Waals surface area contributed by atoms with Crippen molar-refractivity contribution in [2.24, 2.45) is 0 Å². The van der Waals surface area contributed by atoms with Crippen molar-refractivity contribution in [1.82, 2.24) is 5.32 Å². The fourth-order valence-electron chi connectivity index (χ4n) is 3.01. The summed E-state index contributed by atoms with van der Waals surface area (Å²) >= 11 is 3.58. The van der Waals surface area contributed by atoms with E-state index in [2.05, 4.69) is 21.2 Å². The number of aromatic hydroxyl groups is 2. The summed E-state index contributed by atoms with van der Waals surface area (Å²) in [6.45, 7) is 1.03. The number of hydrogen-bond acceptors (Lipinski definition) is 5. The molecule has 4 rings (SSSR count). The molecule has 0 saturated heterocycles. The van der Waals surface area contributed by atoms with Gasteiger partial charge in [0.25, 0.3) is 0 Å². The first kappa shape index (κ1) is 13.7. The van der Waals surface area contributed by atoms with Crippen molar-refractivity contribution < 1.29 is 19.7 Å². The molecule has 3 N–H and O–H groups in total. The van der Waals surface area contributed by atoms with E-state index < -0.39 is 0 Å². The number of phenols is 2. The summed E-state index contributed by atoms with van der Waals surface area (Å²) in [4.78, 5) is 0. The quantitative estimate of drug-likeness (QED) is 0.679. The number of ether oxygens (including phenoxy) is 2. The van der Waals surface area contributed by atoms with Crippen LogP contribution in [0, 0.1) is 0 Å². The molecule has 2 aliphatic heterocycles. The van der Waals surface area contributed by atoms with Crippen molar-refractivity contribution >= 4 is 15.9 Å². The number of nitrogens with one attached hydrogen (secondary N) is 1. The molecule has 2 aromatic rings. The van der Waals surface area contributed by atoms with Crippen LogP contribution in [0.15, 0.2) is 28.7 Å². The van der Waals surface area contributed by atoms with Crippen molar-refractivity contribution in [3.05, 3.63) is 45.4 Å². The molecule has 6 heteroatoms. The highest BCUT2D eigenvalue weighted by Gasteiger charge is 2.27. The number of benzene rings is 2. The maximum absolute atomic E-state index is 9.83. The molecule has 1 atom stereocenters. The van der Waals surface area contributed by atoms with Gasteiger partial charge in [0.15, 0.2) is 23.0 Å². The van der Waals surface area contributed by atoms with Crippen LogP contribution >= 0.6 is 15.9 Å². The molecule has 2 aliphatic rings. The molecule has 22 heavy (non-hydrogen) atoms. The van der Waals surface area contributed by atoms with Gasteiger partial charge in [-0.1, -0.05) is 15.9 Å². The molecule has 0 aromatic heterocycles. The van der Waals surface area contributed by atoms with Gasteiger partial charge < -0.3 is 25.0 Å². The van der Waals surface area contributed by atoms with Gasteiger partial charge in [0.1, 0.15) is 0 Å². The molecule has 0 radical (unpaired) electrons. The van der Waals surface area contributed by atoms with Gasteiger partial charge in [0.05, 0.1) is 6.04 Å². The lowest BCUT2D eigenvalue weighted by atomic mass is 9.89. The molecule has 0 aliphatic carbocycles. The van der Waals surface area contributed by atoms with Crippen LogP contribution in [-0.4, -0.2) is 23.6 Å². The van der Waals surface area contributed by atoms with Gasteiger partial charge >= 0.3 is 0 Å². The van der Waals surface area contributed by atoms with Crippen molar-refractivity contribution in [3.8, 4) is 23.0 Å². The van der Waals surface area contributed by atoms with Gasteiger partial charge in [0, 0.05) is 11.0 Å². The highest BCUT2D eigenvalue weighted by molar-refractivity contribution is 9.10. The molecular weight excluding hydrogens is 350 g/mol. The summed E-state index contributed by atoms with van der Waals surface area (Å²) in [6.07, 6.45) is 0.807. The molecule has 0 amide bonds. The Morgan fingerprint density at radius 2 is 1.73 bits per heavy atom. The Hall–Kier alpha value is -1.92. The Morgan fingerprint density at radius 1 is 1.00 bits per heavy atom. The van der Waals surface area contributed by atoms with Crippen LogP contribution in [0.1, 0.15) is 22.7 Å². The summed E-state index contributed by atoms with van der Waals surface area (Å²) in [7, 11) is 0. The fraction of sp³-hybridized carbons (Fsp3) is 0.250. The van der Waals surface area contributed by atoms with Crippen LogP contribution in [0.3, 0.4) is 0 Å². The average Bonchev–Trinajstić information content (AvgIpc) is 2.94. The lowest BCUT2D eigenvalue weighted by molar-refractivity contribution is 0.174. The lowest BCUT2D eigenvalue weighted by Crippen LogP contribution is -2.30. The second kappa shape index (κ2) is 5.07. The molecule has 0 saturated carbocycles. The first-order valence-corrected chi connectivity index (χ1v) is 7.80. The van der Waals surface area contributed by atoms with Crippen LogP contribution in [0.5, 0.6) is 23.0 Å². The van der Waals surface area contributed by atoms with E-state index in [1.807, 2.05) is 12.1 Å². The van der Waals surface area contributed by atoms with Crippen molar-refractivity contribution in [1.29, 1.82) is 0 Å². The molecule has 0 unspecified atom stereocenters. The van der Waals surface area contributed by atoms with Gasteiger partial charge in [-0.3, -0.25) is 0 Å². The first-order chi connectivity index (χ1) is 10.6. The molecule has 2 aromatic carbocycles. The van der Waals surface area contributed by atoms with E-state index in [0.29, 0.717) is 0 Å². The van der Waals surface area contributed by atoms with E-state index in [0.717, 1.165) is 45.6 Å². The Balaban J connectivity index is 1.84. The predicted octanol–water partition coefficient (Wildman–Crippen LogP) is 2.82. The third-order valence-electron chi connectivity index (χ3n) is 4.09. The van der Waals surface area contributed by atoms with Crippen LogP contribution in [0.4, 0.5) is 0 Å². The topological polar surface area (TPSA) is 71.0 Å². The van der Waals surface area contributed by atoms with E-state index in [-0.39, 0.29) is 24.3 Å². The second-order valence-electron chi connectivity index (χ2n) is 5.40. The van der Waals surface area contributed by atoms with Gasteiger partial charge in [0.2, 0.25) is 6.79 Å². The molecule has 2 heterocycles. The number of halogens is 1. The summed E-state index contributed by atoms with van der Waals surface area (Å²) in [6, 6.07) is 7.02. The van der Waals surface area contributed by atoms with Crippen molar-refractivity contribution in [2.45, 2.75) is 12.5 Å². The minimum Gasteiger partial charge on any atom is -0.504 e. The first-order valence-electron chi connectivity index (χ1n) is 7.00. The normalized spacial score (nSPS) is 19.0. The third-order valence-corrected chi connectivity index (χ3v) is 4.78. The standard InChI is InChI=1S/C16H14BrNO4/c17-11-6-15-14(21-7-22-15)5-10(11)16-9-4-13(20)12(19)3-8(9)1-2-18-16/h3-6,16,18-20H,1-2,7H2/t16-/m1/s1. The van der Waals surface area contributed by atoms with E-state index >= 15 is 0 Å². The monoisotopic (exact) mass is 363 g/mol. The SMILES string of the molecule is Oc1cc2c(cc1O)[C@H](c1cc3c(cc1Br)OCO3)NCC2. The fourth-order valence-corrected chi connectivity index (χ4v) is 3.57. The van der Waals surface area contributed by atoms with Crippen LogP contribution in [0.25, 0.3) is 0 Å². The number of hydrogen-bond donors (Lipinski definition) is 3. The Morgan fingerprint density at radius 3 is 2.55 bits per heavy atom. The zero-order valence-electron chi connectivity index (χ0n) is 11.6. The Labute approximate surface area is 135 Å². The van der Waals surface area contributed by atoms with Crippen LogP contribution in [0.2, 0.25) is 0 Å². The Bertz CT molecular complexity index is 762. The largest absolute Gasteiger partial charge is 0.504 e. The van der Waals surface area contributed by atoms with E-state index in [9.17, 15) is 10.2 Å².